The topological polar surface area (TPSA) is 72.8 Å². The molecule has 0 aliphatic carbocycles. The molecule has 5 heteroatoms. The Morgan fingerprint density at radius 1 is 0.453 bits per heavy atom. The minimum Gasteiger partial charge on any atom is -0.462 e. The van der Waals surface area contributed by atoms with Crippen LogP contribution in [0.4, 0.5) is 0 Å². The van der Waals surface area contributed by atoms with Gasteiger partial charge >= 0.3 is 11.9 Å². The molecule has 0 aromatic heterocycles. The molecule has 0 aliphatic heterocycles. The summed E-state index contributed by atoms with van der Waals surface area (Å²) in [7, 11) is 0. The summed E-state index contributed by atoms with van der Waals surface area (Å²) in [6.45, 7) is 3.99. The van der Waals surface area contributed by atoms with Crippen LogP contribution in [0.3, 0.4) is 0 Å². The molecule has 304 valence electrons. The van der Waals surface area contributed by atoms with E-state index in [1.165, 1.54) is 96.3 Å². The van der Waals surface area contributed by atoms with Gasteiger partial charge in [-0.1, -0.05) is 177 Å². The fraction of sp³-hybridized carbons (Fsp3) is 0.708. The largest absolute Gasteiger partial charge is 0.462 e. The highest BCUT2D eigenvalue weighted by Gasteiger charge is 2.16. The number of hydrogen-bond acceptors (Lipinski definition) is 5. The van der Waals surface area contributed by atoms with E-state index in [4.69, 9.17) is 9.47 Å². The number of aliphatic hydroxyl groups excluding tert-OH is 1. The second-order valence-corrected chi connectivity index (χ2v) is 14.4. The van der Waals surface area contributed by atoms with Gasteiger partial charge in [0.2, 0.25) is 0 Å². The summed E-state index contributed by atoms with van der Waals surface area (Å²) in [5.41, 5.74) is 0. The maximum atomic E-state index is 12.2. The van der Waals surface area contributed by atoms with Crippen molar-refractivity contribution in [1.29, 1.82) is 0 Å². The molecule has 0 radical (unpaired) electrons. The van der Waals surface area contributed by atoms with Crippen molar-refractivity contribution >= 4 is 11.9 Å². The predicted molar refractivity (Wildman–Crippen MR) is 228 cm³/mol. The van der Waals surface area contributed by atoms with Gasteiger partial charge in [-0.05, 0) is 83.5 Å². The molecule has 1 atom stereocenters. The smallest absolute Gasteiger partial charge is 0.306 e. The lowest BCUT2D eigenvalue weighted by Crippen LogP contribution is -2.28. The summed E-state index contributed by atoms with van der Waals surface area (Å²) < 4.78 is 10.6. The number of carbonyl (C=O) groups is 2. The van der Waals surface area contributed by atoms with E-state index in [0.717, 1.165) is 77.0 Å². The highest BCUT2D eigenvalue weighted by molar-refractivity contribution is 5.70. The van der Waals surface area contributed by atoms with Crippen LogP contribution in [0.15, 0.2) is 72.9 Å². The first-order valence-corrected chi connectivity index (χ1v) is 22.0. The third-order valence-electron chi connectivity index (χ3n) is 9.23. The Morgan fingerprint density at radius 3 is 1.23 bits per heavy atom. The lowest BCUT2D eigenvalue weighted by atomic mass is 10.0. The number of carbonyl (C=O) groups excluding carboxylic acids is 2. The van der Waals surface area contributed by atoms with Crippen LogP contribution in [0.25, 0.3) is 0 Å². The molecule has 0 rings (SSSR count). The summed E-state index contributed by atoms with van der Waals surface area (Å²) in [6.07, 6.45) is 58.2. The summed E-state index contributed by atoms with van der Waals surface area (Å²) in [5.74, 6) is -0.614. The van der Waals surface area contributed by atoms with Crippen LogP contribution in [-0.4, -0.2) is 36.4 Å². The minimum absolute atomic E-state index is 0.0775. The summed E-state index contributed by atoms with van der Waals surface area (Å²) in [6, 6.07) is 0. The lowest BCUT2D eigenvalue weighted by Gasteiger charge is -2.15. The first-order chi connectivity index (χ1) is 26.1. The standard InChI is InChI=1S/C48H82O5/c1-3-5-7-9-11-13-15-17-19-21-22-23-24-25-26-27-29-31-33-35-37-39-41-43-48(51)53-46(44-49)45-52-47(50)42-40-38-36-34-32-30-28-20-18-16-14-12-10-8-6-4-2/h5,7,11,13-14,16-17,19-20,22-23,28,46,49H,3-4,6,8-10,12,15,18,21,24-27,29-45H2,1-2H3/b7-5-,13-11-,16-14-,19-17-,23-22-,28-20-. The molecule has 0 bridgehead atoms. The maximum absolute atomic E-state index is 12.2. The summed E-state index contributed by atoms with van der Waals surface area (Å²) in [5, 5.41) is 9.58. The molecule has 0 saturated heterocycles. The molecule has 0 heterocycles. The fourth-order valence-corrected chi connectivity index (χ4v) is 5.93. The minimum atomic E-state index is -0.783. The monoisotopic (exact) mass is 739 g/mol. The number of allylic oxidation sites excluding steroid dienone is 12. The van der Waals surface area contributed by atoms with Gasteiger partial charge in [-0.2, -0.15) is 0 Å². The van der Waals surface area contributed by atoms with Crippen LogP contribution >= 0.6 is 0 Å². The van der Waals surface area contributed by atoms with Crippen LogP contribution < -0.4 is 0 Å². The van der Waals surface area contributed by atoms with E-state index in [2.05, 4.69) is 86.8 Å². The van der Waals surface area contributed by atoms with E-state index in [1.54, 1.807) is 0 Å². The van der Waals surface area contributed by atoms with Gasteiger partial charge in [-0.15, -0.1) is 0 Å². The molecule has 0 spiro atoms. The van der Waals surface area contributed by atoms with E-state index in [9.17, 15) is 14.7 Å². The predicted octanol–water partition coefficient (Wildman–Crippen LogP) is 14.1. The normalized spacial score (nSPS) is 12.9. The Bertz CT molecular complexity index is 972. The summed E-state index contributed by atoms with van der Waals surface area (Å²) >= 11 is 0. The average molecular weight is 739 g/mol. The van der Waals surface area contributed by atoms with E-state index in [1.807, 2.05) is 0 Å². The number of ether oxygens (including phenoxy) is 2. The van der Waals surface area contributed by atoms with Crippen molar-refractivity contribution in [1.82, 2.24) is 0 Å². The number of aliphatic hydroxyl groups is 1. The van der Waals surface area contributed by atoms with Crippen molar-refractivity contribution in [2.24, 2.45) is 0 Å². The molecule has 5 nitrogen and oxygen atoms in total. The molecular formula is C48H82O5. The zero-order chi connectivity index (χ0) is 38.6. The maximum Gasteiger partial charge on any atom is 0.306 e. The molecule has 0 amide bonds. The van der Waals surface area contributed by atoms with Crippen LogP contribution in [0, 0.1) is 0 Å². The van der Waals surface area contributed by atoms with Gasteiger partial charge in [0, 0.05) is 12.8 Å². The Balaban J connectivity index is 3.57. The highest BCUT2D eigenvalue weighted by atomic mass is 16.6. The molecule has 0 aromatic carbocycles. The third kappa shape index (κ3) is 42.0. The highest BCUT2D eigenvalue weighted by Crippen LogP contribution is 2.13. The quantitative estimate of drug-likeness (QED) is 0.0386. The zero-order valence-electron chi connectivity index (χ0n) is 34.5. The van der Waals surface area contributed by atoms with Crippen LogP contribution in [0.5, 0.6) is 0 Å². The molecular weight excluding hydrogens is 657 g/mol. The second-order valence-electron chi connectivity index (χ2n) is 14.4. The number of rotatable bonds is 39. The first-order valence-electron chi connectivity index (χ1n) is 22.0. The van der Waals surface area contributed by atoms with Gasteiger partial charge in [-0.3, -0.25) is 9.59 Å². The van der Waals surface area contributed by atoms with Crippen LogP contribution in [-0.2, 0) is 19.1 Å². The van der Waals surface area contributed by atoms with E-state index in [0.29, 0.717) is 12.8 Å². The molecule has 0 aromatic rings. The van der Waals surface area contributed by atoms with Crippen molar-refractivity contribution < 1.29 is 24.2 Å². The number of hydrogen-bond donors (Lipinski definition) is 1. The second kappa shape index (κ2) is 43.7. The summed E-state index contributed by atoms with van der Waals surface area (Å²) in [4.78, 5) is 24.3. The molecule has 1 N–H and O–H groups in total. The van der Waals surface area contributed by atoms with Gasteiger partial charge in [0.25, 0.3) is 0 Å². The van der Waals surface area contributed by atoms with Crippen molar-refractivity contribution in [3.63, 3.8) is 0 Å². The molecule has 0 saturated carbocycles. The van der Waals surface area contributed by atoms with Crippen molar-refractivity contribution in [3.8, 4) is 0 Å². The fourth-order valence-electron chi connectivity index (χ4n) is 5.93. The molecule has 1 unspecified atom stereocenters. The van der Waals surface area contributed by atoms with Gasteiger partial charge < -0.3 is 14.6 Å². The molecule has 53 heavy (non-hydrogen) atoms. The van der Waals surface area contributed by atoms with Crippen molar-refractivity contribution in [2.45, 2.75) is 206 Å². The van der Waals surface area contributed by atoms with Gasteiger partial charge in [-0.25, -0.2) is 0 Å². The van der Waals surface area contributed by atoms with Gasteiger partial charge in [0.15, 0.2) is 6.10 Å². The third-order valence-corrected chi connectivity index (χ3v) is 9.23. The average Bonchev–Trinajstić information content (AvgIpc) is 3.16. The van der Waals surface area contributed by atoms with E-state index < -0.39 is 6.10 Å². The van der Waals surface area contributed by atoms with Crippen molar-refractivity contribution in [2.75, 3.05) is 13.2 Å². The van der Waals surface area contributed by atoms with Gasteiger partial charge in [0.1, 0.15) is 6.61 Å². The zero-order valence-corrected chi connectivity index (χ0v) is 34.5. The first kappa shape index (κ1) is 50.3. The number of unbranched alkanes of at least 4 members (excludes halogenated alkanes) is 19. The Hall–Kier alpha value is -2.66. The molecule has 0 fully saturated rings. The van der Waals surface area contributed by atoms with Crippen molar-refractivity contribution in [3.05, 3.63) is 72.9 Å². The molecule has 0 aliphatic rings. The Labute approximate surface area is 327 Å². The SMILES string of the molecule is CC/C=C\C/C=C\C/C=C\C/C=C\CCCCCCCCCCCCC(=O)OC(CO)COC(=O)CCCCCCC/C=C\C/C=C\CCCCCC. The lowest BCUT2D eigenvalue weighted by molar-refractivity contribution is -0.161. The Kier molecular flexibility index (Phi) is 41.5. The van der Waals surface area contributed by atoms with E-state index >= 15 is 0 Å². The van der Waals surface area contributed by atoms with E-state index in [-0.39, 0.29) is 25.2 Å². The van der Waals surface area contributed by atoms with Crippen LogP contribution in [0.1, 0.15) is 200 Å². The Morgan fingerprint density at radius 2 is 0.811 bits per heavy atom. The van der Waals surface area contributed by atoms with Crippen LogP contribution in [0.2, 0.25) is 0 Å². The number of esters is 2. The van der Waals surface area contributed by atoms with Gasteiger partial charge in [0.05, 0.1) is 6.61 Å².